The number of ether oxygens (including phenoxy) is 2. The van der Waals surface area contributed by atoms with Gasteiger partial charge in [0.15, 0.2) is 0 Å². The van der Waals surface area contributed by atoms with Gasteiger partial charge in [-0.25, -0.2) is 9.13 Å². The van der Waals surface area contributed by atoms with E-state index in [4.69, 9.17) is 36.4 Å². The molecule has 9 rings (SSSR count). The van der Waals surface area contributed by atoms with E-state index in [1.165, 1.54) is 38.5 Å². The van der Waals surface area contributed by atoms with Gasteiger partial charge in [-0.3, -0.25) is 9.59 Å². The molecule has 2 aromatic heterocycles. The van der Waals surface area contributed by atoms with Crippen molar-refractivity contribution < 1.29 is 55.1 Å². The molecular weight excluding hydrogens is 915 g/mol. The fourth-order valence-electron chi connectivity index (χ4n) is 7.16. The molecule has 0 spiro atoms. The first kappa shape index (κ1) is 45.3. The second kappa shape index (κ2) is 19.9. The van der Waals surface area contributed by atoms with Gasteiger partial charge in [0.25, 0.3) is 23.6 Å². The van der Waals surface area contributed by atoms with Crippen LogP contribution in [0.1, 0.15) is 11.1 Å². The van der Waals surface area contributed by atoms with Crippen LogP contribution in [-0.2, 0) is 41.0 Å². The van der Waals surface area contributed by atoms with Crippen molar-refractivity contribution >= 4 is 27.4 Å². The molecule has 0 saturated carbocycles. The van der Waals surface area contributed by atoms with Gasteiger partial charge >= 0.3 is 27.4 Å². The fourth-order valence-corrected chi connectivity index (χ4v) is 10.3. The number of nitrogens with one attached hydrogen (secondary N) is 2. The van der Waals surface area contributed by atoms with Gasteiger partial charge in [-0.2, -0.15) is 10.2 Å². The number of carbonyl (C=O) groups excluding carboxylic acids is 2. The van der Waals surface area contributed by atoms with E-state index < -0.39 is 39.5 Å². The molecule has 4 bridgehead atoms. The molecule has 0 unspecified atom stereocenters. The first-order valence-electron chi connectivity index (χ1n) is 20.9. The monoisotopic (exact) mass is 954 g/mol. The summed E-state index contributed by atoms with van der Waals surface area (Å²) >= 11 is 0. The summed E-state index contributed by atoms with van der Waals surface area (Å²) in [5.41, 5.74) is 2.14. The predicted octanol–water partition coefficient (Wildman–Crippen LogP) is 9.31. The van der Waals surface area contributed by atoms with Crippen molar-refractivity contribution in [3.63, 3.8) is 0 Å². The van der Waals surface area contributed by atoms with Crippen LogP contribution in [0.15, 0.2) is 167 Å². The topological polar surface area (TPSA) is 226 Å². The number of fused-ring (bicyclic) bond motifs is 12. The van der Waals surface area contributed by atoms with Gasteiger partial charge in [0, 0.05) is 0 Å². The Morgan fingerprint density at radius 3 is 0.985 bits per heavy atom. The molecule has 1 aliphatic rings. The molecule has 68 heavy (non-hydrogen) atoms. The van der Waals surface area contributed by atoms with E-state index in [-0.39, 0.29) is 81.7 Å². The summed E-state index contributed by atoms with van der Waals surface area (Å²) < 4.78 is 79.0. The van der Waals surface area contributed by atoms with Crippen molar-refractivity contribution in [2.75, 3.05) is 14.2 Å². The third-order valence-electron chi connectivity index (χ3n) is 10.4. The van der Waals surface area contributed by atoms with Gasteiger partial charge in [-0.15, -0.1) is 20.4 Å². The van der Waals surface area contributed by atoms with Crippen LogP contribution >= 0.6 is 15.5 Å². The summed E-state index contributed by atoms with van der Waals surface area (Å²) in [7, 11) is -7.04. The van der Waals surface area contributed by atoms with Crippen molar-refractivity contribution in [2.24, 2.45) is 0 Å². The zero-order valence-electron chi connectivity index (χ0n) is 36.2. The minimum atomic E-state index is -4.73. The Hall–Kier alpha value is -7.88. The lowest BCUT2D eigenvalue weighted by molar-refractivity contribution is -0.143. The standard InChI is InChI=1S/C48H40N6O12P2/c1-59-47(55)37(29-31-17-5-3-6-18-31)53-67(57)63-39-25-13-9-21-33(39)43-49-51-45(61-43)35-23-11-15-27-41(35)65-68(58,54-38(48(56)60-2)30-32-19-7-4-8-20-32)66-42-28-16-12-24-36(42)46-52-50-44(62-46)34-22-10-14-26-40(34)64-67/h3-28,37-38H,29-30H2,1-2H3,(H,53,57)(H,54,58)/t37-,38-,67?,68?/m0/s1. The van der Waals surface area contributed by atoms with Crippen molar-refractivity contribution in [2.45, 2.75) is 24.9 Å². The number of para-hydroxylation sites is 4. The highest BCUT2D eigenvalue weighted by molar-refractivity contribution is 7.52. The van der Waals surface area contributed by atoms with Crippen LogP contribution in [0.2, 0.25) is 0 Å². The number of nitrogens with zero attached hydrogens (tertiary/aromatic N) is 4. The van der Waals surface area contributed by atoms with Crippen molar-refractivity contribution in [1.29, 1.82) is 0 Å². The summed E-state index contributed by atoms with van der Waals surface area (Å²) in [5.74, 6) is -2.09. The number of aromatic nitrogens is 4. The average molecular weight is 955 g/mol. The smallest absolute Gasteiger partial charge is 0.468 e. The van der Waals surface area contributed by atoms with E-state index in [9.17, 15) is 9.59 Å². The van der Waals surface area contributed by atoms with E-state index in [1.54, 1.807) is 121 Å². The highest BCUT2D eigenvalue weighted by Gasteiger charge is 2.40. The van der Waals surface area contributed by atoms with Gasteiger partial charge < -0.3 is 36.4 Å². The molecule has 0 fully saturated rings. The number of rotatable bonds is 10. The molecular formula is C48H40N6O12P2. The molecule has 3 heterocycles. The maximum atomic E-state index is 15.4. The van der Waals surface area contributed by atoms with Gasteiger partial charge in [-0.05, 0) is 72.5 Å². The Bertz CT molecular complexity index is 2820. The third-order valence-corrected chi connectivity index (χ3v) is 13.4. The average Bonchev–Trinajstić information content (AvgIpc) is 4.06. The molecule has 6 aromatic carbocycles. The SMILES string of the molecule is COC(=O)[C@H](Cc1ccccc1)NP1(=O)Oc2ccccc2-c2nnc(o2)-c2ccccc2OP(=O)(N[C@@H](Cc2ccccc2)C(=O)OC)Oc2ccccc2-c2nnc(o2)-c2ccccc2O1. The van der Waals surface area contributed by atoms with Crippen LogP contribution in [-0.4, -0.2) is 58.6 Å². The molecule has 0 saturated heterocycles. The van der Waals surface area contributed by atoms with Gasteiger partial charge in [-0.1, -0.05) is 109 Å². The molecule has 18 nitrogen and oxygen atoms in total. The Labute approximate surface area is 388 Å². The Kier molecular flexibility index (Phi) is 13.3. The number of carbonyl (C=O) groups is 2. The molecule has 0 radical (unpaired) electrons. The summed E-state index contributed by atoms with van der Waals surface area (Å²) in [5, 5.41) is 22.9. The number of hydrogen-bond donors (Lipinski definition) is 2. The molecule has 0 amide bonds. The van der Waals surface area contributed by atoms with E-state index in [0.717, 1.165) is 11.1 Å². The highest BCUT2D eigenvalue weighted by Crippen LogP contribution is 2.52. The maximum Gasteiger partial charge on any atom is 0.513 e. The summed E-state index contributed by atoms with van der Waals surface area (Å²) in [4.78, 5) is 26.8. The Balaban J connectivity index is 1.19. The first-order valence-corrected chi connectivity index (χ1v) is 24.0. The van der Waals surface area contributed by atoms with E-state index in [0.29, 0.717) is 0 Å². The minimum absolute atomic E-state index is 0.0370. The largest absolute Gasteiger partial charge is 0.513 e. The van der Waals surface area contributed by atoms with E-state index >= 15 is 9.13 Å². The molecule has 2 N–H and O–H groups in total. The summed E-state index contributed by atoms with van der Waals surface area (Å²) in [6.07, 6.45) is 0.0741. The predicted molar refractivity (Wildman–Crippen MR) is 246 cm³/mol. The molecule has 344 valence electrons. The van der Waals surface area contributed by atoms with Crippen LogP contribution in [0.25, 0.3) is 45.8 Å². The number of benzene rings is 6. The quantitative estimate of drug-likeness (QED) is 0.0961. The fraction of sp³-hybridized carbons (Fsp3) is 0.125. The molecule has 8 aromatic rings. The van der Waals surface area contributed by atoms with Gasteiger partial charge in [0.05, 0.1) is 36.5 Å². The second-order valence-electron chi connectivity index (χ2n) is 15.0. The molecule has 2 atom stereocenters. The molecule has 1 aliphatic heterocycles. The number of esters is 2. The van der Waals surface area contributed by atoms with Gasteiger partial charge in [0.1, 0.15) is 35.1 Å². The van der Waals surface area contributed by atoms with Gasteiger partial charge in [0.2, 0.25) is 0 Å². The van der Waals surface area contributed by atoms with Crippen LogP contribution in [0.3, 0.4) is 0 Å². The number of methoxy groups -OCH3 is 2. The van der Waals surface area contributed by atoms with E-state index in [2.05, 4.69) is 30.6 Å². The van der Waals surface area contributed by atoms with Crippen LogP contribution in [0.5, 0.6) is 23.0 Å². The molecule has 0 aliphatic carbocycles. The first-order chi connectivity index (χ1) is 33.1. The molecule has 20 heteroatoms. The zero-order chi connectivity index (χ0) is 47.1. The third kappa shape index (κ3) is 10.2. The summed E-state index contributed by atoms with van der Waals surface area (Å²) in [6, 6.07) is 41.1. The van der Waals surface area contributed by atoms with Crippen molar-refractivity contribution in [3.05, 3.63) is 169 Å². The van der Waals surface area contributed by atoms with E-state index in [1.807, 2.05) is 12.1 Å². The van der Waals surface area contributed by atoms with Crippen LogP contribution in [0.4, 0.5) is 0 Å². The zero-order valence-corrected chi connectivity index (χ0v) is 38.0. The van der Waals surface area contributed by atoms with Crippen LogP contribution in [0, 0.1) is 0 Å². The Morgan fingerprint density at radius 2 is 0.706 bits per heavy atom. The Morgan fingerprint density at radius 1 is 0.441 bits per heavy atom. The number of hydrogen-bond acceptors (Lipinski definition) is 16. The minimum Gasteiger partial charge on any atom is -0.468 e. The lowest BCUT2D eigenvalue weighted by Gasteiger charge is -2.26. The van der Waals surface area contributed by atoms with Crippen LogP contribution < -0.4 is 28.3 Å². The second-order valence-corrected chi connectivity index (χ2v) is 18.2. The lowest BCUT2D eigenvalue weighted by atomic mass is 10.1. The normalized spacial score (nSPS) is 17.3. The summed E-state index contributed by atoms with van der Waals surface area (Å²) in [6.45, 7) is 0. The van der Waals surface area contributed by atoms with Crippen molar-refractivity contribution in [1.82, 2.24) is 30.6 Å². The maximum absolute atomic E-state index is 15.4. The van der Waals surface area contributed by atoms with Crippen molar-refractivity contribution in [3.8, 4) is 68.8 Å². The lowest BCUT2D eigenvalue weighted by Crippen LogP contribution is -2.39. The highest BCUT2D eigenvalue weighted by atomic mass is 31.2.